The lowest BCUT2D eigenvalue weighted by molar-refractivity contribution is 0.413. The normalized spacial score (nSPS) is 13.5. The molecule has 0 saturated carbocycles. The first-order valence-corrected chi connectivity index (χ1v) is 10.4. The molecule has 0 bridgehead atoms. The first-order chi connectivity index (χ1) is 12.3. The summed E-state index contributed by atoms with van der Waals surface area (Å²) in [4.78, 5) is 7.19. The summed E-state index contributed by atoms with van der Waals surface area (Å²) >= 11 is 0. The third-order valence-corrected chi connectivity index (χ3v) is 5.83. The summed E-state index contributed by atoms with van der Waals surface area (Å²) in [6.45, 7) is 6.91. The third-order valence-electron chi connectivity index (χ3n) is 4.16. The van der Waals surface area contributed by atoms with Gasteiger partial charge in [0.25, 0.3) is 0 Å². The summed E-state index contributed by atoms with van der Waals surface area (Å²) in [7, 11) is 0.996. The van der Waals surface area contributed by atoms with Crippen LogP contribution in [0.25, 0.3) is 0 Å². The van der Waals surface area contributed by atoms with E-state index >= 15 is 0 Å². The molecule has 0 heterocycles. The van der Waals surface area contributed by atoms with Crippen molar-refractivity contribution in [1.29, 1.82) is 0 Å². The SMILES string of the molecule is CCN(C)/C=N/c1cc(C)c(N=S(C)(=O)c2cccc(OC)c2)cc1C. The summed E-state index contributed by atoms with van der Waals surface area (Å²) in [5, 5.41) is 0. The van der Waals surface area contributed by atoms with E-state index in [1.165, 1.54) is 0 Å². The summed E-state index contributed by atoms with van der Waals surface area (Å²) in [6.07, 6.45) is 3.47. The maximum Gasteiger partial charge on any atom is 0.120 e. The van der Waals surface area contributed by atoms with E-state index in [2.05, 4.69) is 16.3 Å². The van der Waals surface area contributed by atoms with Crippen molar-refractivity contribution in [3.63, 3.8) is 0 Å². The van der Waals surface area contributed by atoms with Crippen LogP contribution < -0.4 is 4.74 Å². The molecule has 2 rings (SSSR count). The molecule has 0 amide bonds. The van der Waals surface area contributed by atoms with Gasteiger partial charge in [-0.05, 0) is 62.2 Å². The molecule has 2 aromatic rings. The average Bonchev–Trinajstić information content (AvgIpc) is 2.62. The highest BCUT2D eigenvalue weighted by Gasteiger charge is 2.10. The number of hydrogen-bond donors (Lipinski definition) is 0. The Morgan fingerprint density at radius 1 is 1.15 bits per heavy atom. The molecule has 0 saturated heterocycles. The first kappa shape index (κ1) is 20.0. The minimum atomic E-state index is -2.58. The van der Waals surface area contributed by atoms with Crippen molar-refractivity contribution < 1.29 is 8.95 Å². The van der Waals surface area contributed by atoms with Crippen LogP contribution in [0, 0.1) is 13.8 Å². The van der Waals surface area contributed by atoms with Crippen LogP contribution in [0.5, 0.6) is 5.75 Å². The fourth-order valence-electron chi connectivity index (χ4n) is 2.34. The average molecular weight is 374 g/mol. The van der Waals surface area contributed by atoms with E-state index in [9.17, 15) is 4.21 Å². The Kier molecular flexibility index (Phi) is 6.42. The molecule has 6 heteroatoms. The smallest absolute Gasteiger partial charge is 0.120 e. The van der Waals surface area contributed by atoms with Crippen molar-refractivity contribution >= 4 is 27.4 Å². The number of ether oxygens (including phenoxy) is 1. The molecule has 0 radical (unpaired) electrons. The van der Waals surface area contributed by atoms with Crippen molar-refractivity contribution in [2.75, 3.05) is 27.0 Å². The molecule has 140 valence electrons. The Labute approximate surface area is 156 Å². The molecule has 0 aliphatic heterocycles. The number of aliphatic imine (C=N–C) groups is 1. The van der Waals surface area contributed by atoms with Crippen LogP contribution in [0.3, 0.4) is 0 Å². The minimum Gasteiger partial charge on any atom is -0.497 e. The van der Waals surface area contributed by atoms with Crippen LogP contribution in [-0.4, -0.2) is 42.4 Å². The maximum absolute atomic E-state index is 13.2. The van der Waals surface area contributed by atoms with Crippen molar-refractivity contribution in [3.05, 3.63) is 47.5 Å². The van der Waals surface area contributed by atoms with Gasteiger partial charge in [0, 0.05) is 19.8 Å². The van der Waals surface area contributed by atoms with Crippen LogP contribution in [0.1, 0.15) is 18.1 Å². The number of rotatable bonds is 6. The number of benzene rings is 2. The molecule has 1 atom stereocenters. The largest absolute Gasteiger partial charge is 0.497 e. The predicted molar refractivity (Wildman–Crippen MR) is 110 cm³/mol. The fraction of sp³-hybridized carbons (Fsp3) is 0.350. The molecule has 5 nitrogen and oxygen atoms in total. The molecular formula is C20H27N3O2S. The van der Waals surface area contributed by atoms with Crippen LogP contribution in [0.2, 0.25) is 0 Å². The molecule has 0 fully saturated rings. The lowest BCUT2D eigenvalue weighted by Gasteiger charge is -2.11. The van der Waals surface area contributed by atoms with E-state index in [4.69, 9.17) is 4.74 Å². The van der Waals surface area contributed by atoms with E-state index in [1.807, 2.05) is 62.5 Å². The predicted octanol–water partition coefficient (Wildman–Crippen LogP) is 4.71. The van der Waals surface area contributed by atoms with Gasteiger partial charge in [0.1, 0.15) is 5.75 Å². The van der Waals surface area contributed by atoms with Gasteiger partial charge in [-0.25, -0.2) is 9.20 Å². The van der Waals surface area contributed by atoms with E-state index in [1.54, 1.807) is 19.4 Å². The molecule has 0 aromatic heterocycles. The molecule has 2 aromatic carbocycles. The minimum absolute atomic E-state index is 0.653. The zero-order chi connectivity index (χ0) is 19.3. The Balaban J connectivity index is 2.45. The Hall–Kier alpha value is -2.34. The highest BCUT2D eigenvalue weighted by molar-refractivity contribution is 7.93. The van der Waals surface area contributed by atoms with Gasteiger partial charge in [-0.3, -0.25) is 0 Å². The zero-order valence-electron chi connectivity index (χ0n) is 16.3. The molecular weight excluding hydrogens is 346 g/mol. The molecule has 0 aliphatic carbocycles. The summed E-state index contributed by atoms with van der Waals surface area (Å²) in [5.41, 5.74) is 3.56. The molecule has 0 aliphatic rings. The van der Waals surface area contributed by atoms with Crippen LogP contribution >= 0.6 is 0 Å². The van der Waals surface area contributed by atoms with Crippen molar-refractivity contribution in [2.24, 2.45) is 9.36 Å². The van der Waals surface area contributed by atoms with E-state index < -0.39 is 9.73 Å². The first-order valence-electron chi connectivity index (χ1n) is 8.48. The number of methoxy groups -OCH3 is 1. The number of nitrogens with zero attached hydrogens (tertiary/aromatic N) is 3. The third kappa shape index (κ3) is 4.85. The molecule has 26 heavy (non-hydrogen) atoms. The van der Waals surface area contributed by atoms with Crippen LogP contribution in [0.15, 0.2) is 50.6 Å². The van der Waals surface area contributed by atoms with Gasteiger partial charge in [-0.2, -0.15) is 4.36 Å². The van der Waals surface area contributed by atoms with E-state index in [-0.39, 0.29) is 0 Å². The van der Waals surface area contributed by atoms with Crippen LogP contribution in [0.4, 0.5) is 11.4 Å². The van der Waals surface area contributed by atoms with Gasteiger partial charge in [0.15, 0.2) is 0 Å². The highest BCUT2D eigenvalue weighted by atomic mass is 32.2. The van der Waals surface area contributed by atoms with Crippen molar-refractivity contribution in [3.8, 4) is 5.75 Å². The monoisotopic (exact) mass is 373 g/mol. The van der Waals surface area contributed by atoms with Crippen LogP contribution in [-0.2, 0) is 9.73 Å². The van der Waals surface area contributed by atoms with Crippen molar-refractivity contribution in [1.82, 2.24) is 4.90 Å². The van der Waals surface area contributed by atoms with E-state index in [0.29, 0.717) is 10.6 Å². The maximum atomic E-state index is 13.2. The van der Waals surface area contributed by atoms with Gasteiger partial charge in [0.2, 0.25) is 0 Å². The van der Waals surface area contributed by atoms with Gasteiger partial charge >= 0.3 is 0 Å². The second-order valence-electron chi connectivity index (χ2n) is 6.32. The second-order valence-corrected chi connectivity index (χ2v) is 8.57. The highest BCUT2D eigenvalue weighted by Crippen LogP contribution is 2.31. The summed E-state index contributed by atoms with van der Waals surface area (Å²) in [5.74, 6) is 0.671. The lowest BCUT2D eigenvalue weighted by Crippen LogP contribution is -2.14. The Morgan fingerprint density at radius 2 is 1.81 bits per heavy atom. The molecule has 1 unspecified atom stereocenters. The quantitative estimate of drug-likeness (QED) is 0.544. The van der Waals surface area contributed by atoms with Gasteiger partial charge in [-0.15, -0.1) is 0 Å². The van der Waals surface area contributed by atoms with Gasteiger partial charge in [-0.1, -0.05) is 6.07 Å². The number of hydrogen-bond acceptors (Lipinski definition) is 4. The topological polar surface area (TPSA) is 54.3 Å². The van der Waals surface area contributed by atoms with Crippen molar-refractivity contribution in [2.45, 2.75) is 25.7 Å². The standard InChI is InChI=1S/C20H27N3O2S/c1-7-23(4)14-21-19-11-16(3)20(12-15(19)2)22-26(6,24)18-10-8-9-17(13-18)25-5/h8-14H,7H2,1-6H3/b21-14+. The summed E-state index contributed by atoms with van der Waals surface area (Å²) in [6, 6.07) is 11.2. The molecule has 0 N–H and O–H groups in total. The van der Waals surface area contributed by atoms with E-state index in [0.717, 1.165) is 29.0 Å². The lowest BCUT2D eigenvalue weighted by atomic mass is 10.1. The van der Waals surface area contributed by atoms with Gasteiger partial charge in [0.05, 0.1) is 39.4 Å². The Morgan fingerprint density at radius 3 is 2.46 bits per heavy atom. The van der Waals surface area contributed by atoms with Gasteiger partial charge < -0.3 is 9.64 Å². The summed E-state index contributed by atoms with van der Waals surface area (Å²) < 4.78 is 23.0. The Bertz CT molecular complexity index is 929. The molecule has 0 spiro atoms. The fourth-order valence-corrected chi connectivity index (χ4v) is 3.69. The number of aryl methyl sites for hydroxylation is 2. The zero-order valence-corrected chi connectivity index (χ0v) is 17.1. The second kappa shape index (κ2) is 8.36.